The highest BCUT2D eigenvalue weighted by Crippen LogP contribution is 2.13. The van der Waals surface area contributed by atoms with Crippen LogP contribution in [0.2, 0.25) is 0 Å². The lowest BCUT2D eigenvalue weighted by Crippen LogP contribution is -2.38. The highest BCUT2D eigenvalue weighted by molar-refractivity contribution is 9.10. The van der Waals surface area contributed by atoms with E-state index in [1.54, 1.807) is 0 Å². The second-order valence-corrected chi connectivity index (χ2v) is 5.01. The number of nitrogens with one attached hydrogen (secondary N) is 1. The fraction of sp³-hybridized carbons (Fsp3) is 0.900. The molecule has 2 atom stereocenters. The standard InChI is InChI=1S/C10H18BrNO2/c1-7(2)9(11)10(13)12-6-8-4-3-5-14-8/h7-9H,3-6H2,1-2H3,(H,12,13)/t8-,9-/m1/s1. The zero-order valence-electron chi connectivity index (χ0n) is 8.75. The first-order valence-electron chi connectivity index (χ1n) is 5.14. The van der Waals surface area contributed by atoms with Crippen molar-refractivity contribution in [1.29, 1.82) is 0 Å². The van der Waals surface area contributed by atoms with Gasteiger partial charge < -0.3 is 10.1 Å². The van der Waals surface area contributed by atoms with Crippen molar-refractivity contribution in [1.82, 2.24) is 5.32 Å². The van der Waals surface area contributed by atoms with Gasteiger partial charge in [-0.3, -0.25) is 4.79 Å². The Kier molecular flexibility index (Phi) is 4.89. The van der Waals surface area contributed by atoms with Crippen LogP contribution in [-0.4, -0.2) is 30.0 Å². The van der Waals surface area contributed by atoms with Crippen molar-refractivity contribution in [3.05, 3.63) is 0 Å². The van der Waals surface area contributed by atoms with Gasteiger partial charge in [-0.15, -0.1) is 0 Å². The van der Waals surface area contributed by atoms with Crippen LogP contribution in [0.3, 0.4) is 0 Å². The van der Waals surface area contributed by atoms with Crippen LogP contribution in [0.25, 0.3) is 0 Å². The quantitative estimate of drug-likeness (QED) is 0.785. The summed E-state index contributed by atoms with van der Waals surface area (Å²) in [5.41, 5.74) is 0. The van der Waals surface area contributed by atoms with E-state index in [4.69, 9.17) is 4.74 Å². The van der Waals surface area contributed by atoms with Gasteiger partial charge in [0.2, 0.25) is 5.91 Å². The Balaban J connectivity index is 2.19. The van der Waals surface area contributed by atoms with Gasteiger partial charge in [0.1, 0.15) is 0 Å². The average molecular weight is 264 g/mol. The molecular weight excluding hydrogens is 246 g/mol. The molecule has 1 heterocycles. The van der Waals surface area contributed by atoms with Crippen LogP contribution >= 0.6 is 15.9 Å². The van der Waals surface area contributed by atoms with Gasteiger partial charge in [0.05, 0.1) is 10.9 Å². The highest BCUT2D eigenvalue weighted by atomic mass is 79.9. The predicted molar refractivity (Wildman–Crippen MR) is 59.5 cm³/mol. The molecule has 0 aromatic rings. The second kappa shape index (κ2) is 5.71. The van der Waals surface area contributed by atoms with Crippen LogP contribution < -0.4 is 5.32 Å². The summed E-state index contributed by atoms with van der Waals surface area (Å²) in [6, 6.07) is 0. The van der Waals surface area contributed by atoms with Crippen LogP contribution in [0.4, 0.5) is 0 Å². The number of ether oxygens (including phenoxy) is 1. The van der Waals surface area contributed by atoms with E-state index >= 15 is 0 Å². The number of halogens is 1. The number of rotatable bonds is 4. The molecule has 0 spiro atoms. The Bertz CT molecular complexity index is 191. The molecule has 1 saturated heterocycles. The minimum atomic E-state index is -0.0936. The molecule has 4 heteroatoms. The van der Waals surface area contributed by atoms with E-state index in [-0.39, 0.29) is 16.8 Å². The summed E-state index contributed by atoms with van der Waals surface area (Å²) < 4.78 is 5.41. The maximum Gasteiger partial charge on any atom is 0.234 e. The summed E-state index contributed by atoms with van der Waals surface area (Å²) in [5, 5.41) is 2.89. The normalized spacial score (nSPS) is 23.9. The summed E-state index contributed by atoms with van der Waals surface area (Å²) in [5.74, 6) is 0.384. The number of carbonyl (C=O) groups excluding carboxylic acids is 1. The van der Waals surface area contributed by atoms with E-state index in [0.717, 1.165) is 19.4 Å². The Morgan fingerprint density at radius 3 is 2.86 bits per heavy atom. The molecule has 0 saturated carbocycles. The highest BCUT2D eigenvalue weighted by Gasteiger charge is 2.21. The van der Waals surface area contributed by atoms with Gasteiger partial charge in [0, 0.05) is 13.2 Å². The van der Waals surface area contributed by atoms with Crippen LogP contribution in [0.15, 0.2) is 0 Å². The third kappa shape index (κ3) is 3.58. The van der Waals surface area contributed by atoms with E-state index in [1.165, 1.54) is 0 Å². The first kappa shape index (κ1) is 12.0. The van der Waals surface area contributed by atoms with Crippen LogP contribution in [0.1, 0.15) is 26.7 Å². The lowest BCUT2D eigenvalue weighted by Gasteiger charge is -2.15. The van der Waals surface area contributed by atoms with Crippen molar-refractivity contribution in [2.45, 2.75) is 37.6 Å². The third-order valence-electron chi connectivity index (χ3n) is 2.36. The van der Waals surface area contributed by atoms with Gasteiger partial charge in [-0.25, -0.2) is 0 Å². The number of hydrogen-bond acceptors (Lipinski definition) is 2. The predicted octanol–water partition coefficient (Wildman–Crippen LogP) is 1.70. The molecule has 1 rings (SSSR count). The molecule has 1 aliphatic heterocycles. The van der Waals surface area contributed by atoms with Crippen molar-refractivity contribution >= 4 is 21.8 Å². The van der Waals surface area contributed by atoms with Crippen LogP contribution in [0.5, 0.6) is 0 Å². The molecule has 0 aromatic carbocycles. The Morgan fingerprint density at radius 2 is 2.36 bits per heavy atom. The van der Waals surface area contributed by atoms with Crippen molar-refractivity contribution in [3.63, 3.8) is 0 Å². The smallest absolute Gasteiger partial charge is 0.234 e. The van der Waals surface area contributed by atoms with Crippen LogP contribution in [-0.2, 0) is 9.53 Å². The van der Waals surface area contributed by atoms with Gasteiger partial charge in [0.15, 0.2) is 0 Å². The first-order valence-corrected chi connectivity index (χ1v) is 6.06. The van der Waals surface area contributed by atoms with Crippen molar-refractivity contribution < 1.29 is 9.53 Å². The number of hydrogen-bond donors (Lipinski definition) is 1. The third-order valence-corrected chi connectivity index (χ3v) is 3.84. The van der Waals surface area contributed by atoms with Gasteiger partial charge in [-0.05, 0) is 18.8 Å². The lowest BCUT2D eigenvalue weighted by molar-refractivity contribution is -0.121. The maximum atomic E-state index is 11.5. The topological polar surface area (TPSA) is 38.3 Å². The van der Waals surface area contributed by atoms with E-state index in [1.807, 2.05) is 13.8 Å². The summed E-state index contributed by atoms with van der Waals surface area (Å²) in [7, 11) is 0. The summed E-state index contributed by atoms with van der Waals surface area (Å²) in [6.07, 6.45) is 2.41. The molecule has 0 radical (unpaired) electrons. The molecule has 14 heavy (non-hydrogen) atoms. The van der Waals surface area contributed by atoms with Gasteiger partial charge in [0.25, 0.3) is 0 Å². The first-order chi connectivity index (χ1) is 6.61. The zero-order chi connectivity index (χ0) is 10.6. The Labute approximate surface area is 93.7 Å². The number of carbonyl (C=O) groups is 1. The molecule has 1 N–H and O–H groups in total. The van der Waals surface area contributed by atoms with Crippen LogP contribution in [0, 0.1) is 5.92 Å². The van der Waals surface area contributed by atoms with Crippen molar-refractivity contribution in [2.75, 3.05) is 13.2 Å². The largest absolute Gasteiger partial charge is 0.376 e. The summed E-state index contributed by atoms with van der Waals surface area (Å²) >= 11 is 3.36. The number of amides is 1. The van der Waals surface area contributed by atoms with E-state index in [9.17, 15) is 4.79 Å². The van der Waals surface area contributed by atoms with Crippen molar-refractivity contribution in [3.8, 4) is 0 Å². The molecular formula is C10H18BrNO2. The fourth-order valence-electron chi connectivity index (χ4n) is 1.42. The second-order valence-electron chi connectivity index (χ2n) is 4.03. The molecule has 0 aromatic heterocycles. The summed E-state index contributed by atoms with van der Waals surface area (Å²) in [4.78, 5) is 11.4. The van der Waals surface area contributed by atoms with E-state index in [2.05, 4.69) is 21.2 Å². The SMILES string of the molecule is CC(C)[C@@H](Br)C(=O)NC[C@H]1CCCO1. The van der Waals surface area contributed by atoms with Gasteiger partial charge in [-0.2, -0.15) is 0 Å². The van der Waals surface area contributed by atoms with E-state index < -0.39 is 0 Å². The Hall–Kier alpha value is -0.0900. The average Bonchev–Trinajstić information content (AvgIpc) is 2.65. The maximum absolute atomic E-state index is 11.5. The Morgan fingerprint density at radius 1 is 1.64 bits per heavy atom. The van der Waals surface area contributed by atoms with Gasteiger partial charge in [-0.1, -0.05) is 29.8 Å². The lowest BCUT2D eigenvalue weighted by atomic mass is 10.1. The monoisotopic (exact) mass is 263 g/mol. The molecule has 1 aliphatic rings. The minimum Gasteiger partial charge on any atom is -0.376 e. The molecule has 0 unspecified atom stereocenters. The fourth-order valence-corrected chi connectivity index (χ4v) is 1.58. The molecule has 1 amide bonds. The molecule has 0 bridgehead atoms. The molecule has 3 nitrogen and oxygen atoms in total. The summed E-state index contributed by atoms with van der Waals surface area (Å²) in [6.45, 7) is 5.52. The molecule has 0 aliphatic carbocycles. The van der Waals surface area contributed by atoms with E-state index in [0.29, 0.717) is 12.5 Å². The van der Waals surface area contributed by atoms with Gasteiger partial charge >= 0.3 is 0 Å². The zero-order valence-corrected chi connectivity index (χ0v) is 10.3. The number of alkyl halides is 1. The molecule has 1 fully saturated rings. The molecule has 82 valence electrons. The van der Waals surface area contributed by atoms with Crippen molar-refractivity contribution in [2.24, 2.45) is 5.92 Å². The minimum absolute atomic E-state index is 0.0653.